The Labute approximate surface area is 139 Å². The Morgan fingerprint density at radius 2 is 1.88 bits per heavy atom. The van der Waals surface area contributed by atoms with Gasteiger partial charge >= 0.3 is 6.09 Å². The number of carbonyl (C=O) groups is 3. The lowest BCUT2D eigenvalue weighted by atomic mass is 9.95. The molecule has 0 aromatic heterocycles. The van der Waals surface area contributed by atoms with Crippen molar-refractivity contribution in [1.82, 2.24) is 5.32 Å². The fourth-order valence-electron chi connectivity index (χ4n) is 2.66. The summed E-state index contributed by atoms with van der Waals surface area (Å²) >= 11 is 0. The third-order valence-corrected chi connectivity index (χ3v) is 3.87. The number of rotatable bonds is 3. The first-order chi connectivity index (χ1) is 11.6. The summed E-state index contributed by atoms with van der Waals surface area (Å²) in [5.74, 6) is -0.752. The minimum atomic E-state index is -0.726. The third-order valence-electron chi connectivity index (χ3n) is 3.87. The molecule has 24 heavy (non-hydrogen) atoms. The van der Waals surface area contributed by atoms with Crippen LogP contribution >= 0.6 is 0 Å². The van der Waals surface area contributed by atoms with E-state index in [0.717, 1.165) is 25.3 Å². The number of amides is 1. The highest BCUT2D eigenvalue weighted by Crippen LogP contribution is 2.21. The van der Waals surface area contributed by atoms with E-state index in [-0.39, 0.29) is 17.6 Å². The third kappa shape index (κ3) is 3.68. The molecular weight excluding hydrogens is 306 g/mol. The van der Waals surface area contributed by atoms with Crippen molar-refractivity contribution in [3.05, 3.63) is 65.9 Å². The molecule has 5 heteroatoms. The molecule has 0 heterocycles. The fourth-order valence-corrected chi connectivity index (χ4v) is 2.66. The molecule has 0 fully saturated rings. The molecule has 1 aromatic carbocycles. The summed E-state index contributed by atoms with van der Waals surface area (Å²) in [7, 11) is 0. The van der Waals surface area contributed by atoms with E-state index in [4.69, 9.17) is 4.74 Å². The SMILES string of the molecule is O=C(NC1=CC(=O)C(c2ccccc2)=CC1=O)OC1C=CCCC1. The van der Waals surface area contributed by atoms with Crippen LogP contribution in [0.15, 0.2) is 60.3 Å². The molecule has 0 saturated heterocycles. The number of hydrogen-bond donors (Lipinski definition) is 1. The molecule has 1 aromatic rings. The summed E-state index contributed by atoms with van der Waals surface area (Å²) in [5.41, 5.74) is 0.917. The van der Waals surface area contributed by atoms with Gasteiger partial charge in [-0.25, -0.2) is 4.79 Å². The Morgan fingerprint density at radius 1 is 1.08 bits per heavy atom. The van der Waals surface area contributed by atoms with Gasteiger partial charge in [-0.05, 0) is 37.0 Å². The molecule has 0 saturated carbocycles. The molecule has 5 nitrogen and oxygen atoms in total. The fraction of sp³-hybridized carbons (Fsp3) is 0.211. The number of benzene rings is 1. The second kappa shape index (κ2) is 7.08. The van der Waals surface area contributed by atoms with Crippen LogP contribution in [0.2, 0.25) is 0 Å². The van der Waals surface area contributed by atoms with Gasteiger partial charge in [0.15, 0.2) is 5.78 Å². The predicted molar refractivity (Wildman–Crippen MR) is 88.9 cm³/mol. The second-order valence-electron chi connectivity index (χ2n) is 5.64. The first-order valence-electron chi connectivity index (χ1n) is 7.85. The van der Waals surface area contributed by atoms with Gasteiger partial charge < -0.3 is 4.74 Å². The highest BCUT2D eigenvalue weighted by molar-refractivity contribution is 6.35. The molecule has 1 N–H and O–H groups in total. The molecule has 0 aliphatic heterocycles. The molecule has 0 spiro atoms. The van der Waals surface area contributed by atoms with E-state index in [0.29, 0.717) is 11.1 Å². The Morgan fingerprint density at radius 3 is 2.58 bits per heavy atom. The zero-order valence-corrected chi connectivity index (χ0v) is 13.0. The first kappa shape index (κ1) is 15.9. The van der Waals surface area contributed by atoms with E-state index in [2.05, 4.69) is 5.32 Å². The number of ether oxygens (including phenoxy) is 1. The van der Waals surface area contributed by atoms with Crippen LogP contribution in [-0.2, 0) is 14.3 Å². The number of carbonyl (C=O) groups excluding carboxylic acids is 3. The Hall–Kier alpha value is -2.95. The van der Waals surface area contributed by atoms with Crippen molar-refractivity contribution in [2.45, 2.75) is 25.4 Å². The summed E-state index contributed by atoms with van der Waals surface area (Å²) in [5, 5.41) is 2.37. The Kier molecular flexibility index (Phi) is 4.70. The van der Waals surface area contributed by atoms with E-state index in [9.17, 15) is 14.4 Å². The minimum absolute atomic E-state index is 0.0653. The number of nitrogens with one attached hydrogen (secondary N) is 1. The molecular formula is C19H17NO4. The lowest BCUT2D eigenvalue weighted by molar-refractivity contribution is -0.114. The van der Waals surface area contributed by atoms with E-state index in [1.807, 2.05) is 18.2 Å². The summed E-state index contributed by atoms with van der Waals surface area (Å²) in [6, 6.07) is 8.93. The molecule has 1 atom stereocenters. The monoisotopic (exact) mass is 323 g/mol. The molecule has 0 radical (unpaired) electrons. The van der Waals surface area contributed by atoms with Crippen LogP contribution in [0, 0.1) is 0 Å². The van der Waals surface area contributed by atoms with Crippen molar-refractivity contribution in [3.63, 3.8) is 0 Å². The topological polar surface area (TPSA) is 72.5 Å². The maximum absolute atomic E-state index is 12.2. The van der Waals surface area contributed by atoms with E-state index in [1.165, 1.54) is 6.08 Å². The van der Waals surface area contributed by atoms with Crippen LogP contribution in [0.4, 0.5) is 4.79 Å². The standard InChI is InChI=1S/C19H17NO4/c21-17-12-16(20-19(23)24-14-9-5-2-6-10-14)18(22)11-15(17)13-7-3-1-4-8-13/h1,3-5,7-9,11-12,14H,2,6,10H2,(H,20,23). The average Bonchev–Trinajstić information content (AvgIpc) is 2.59. The van der Waals surface area contributed by atoms with Crippen molar-refractivity contribution >= 4 is 23.2 Å². The lowest BCUT2D eigenvalue weighted by Gasteiger charge is -2.18. The van der Waals surface area contributed by atoms with Crippen molar-refractivity contribution in [2.75, 3.05) is 0 Å². The molecule has 0 bridgehead atoms. The molecule has 3 rings (SSSR count). The highest BCUT2D eigenvalue weighted by Gasteiger charge is 2.24. The van der Waals surface area contributed by atoms with Crippen molar-refractivity contribution < 1.29 is 19.1 Å². The smallest absolute Gasteiger partial charge is 0.412 e. The normalized spacial score (nSPS) is 20.2. The van der Waals surface area contributed by atoms with Crippen molar-refractivity contribution in [3.8, 4) is 0 Å². The van der Waals surface area contributed by atoms with Gasteiger partial charge in [0.1, 0.15) is 6.10 Å². The first-order valence-corrected chi connectivity index (χ1v) is 7.85. The van der Waals surface area contributed by atoms with Gasteiger partial charge in [-0.2, -0.15) is 0 Å². The van der Waals surface area contributed by atoms with Crippen LogP contribution in [-0.4, -0.2) is 23.8 Å². The van der Waals surface area contributed by atoms with Gasteiger partial charge in [0.05, 0.1) is 5.70 Å². The van der Waals surface area contributed by atoms with E-state index >= 15 is 0 Å². The maximum atomic E-state index is 12.2. The van der Waals surface area contributed by atoms with Crippen LogP contribution < -0.4 is 5.32 Å². The van der Waals surface area contributed by atoms with Gasteiger partial charge in [-0.15, -0.1) is 0 Å². The molecule has 2 aliphatic carbocycles. The van der Waals surface area contributed by atoms with Gasteiger partial charge in [0.25, 0.3) is 0 Å². The Bertz CT molecular complexity index is 759. The number of ketones is 2. The van der Waals surface area contributed by atoms with Gasteiger partial charge in [-0.1, -0.05) is 36.4 Å². The van der Waals surface area contributed by atoms with Crippen LogP contribution in [0.1, 0.15) is 24.8 Å². The van der Waals surface area contributed by atoms with E-state index in [1.54, 1.807) is 24.3 Å². The summed E-state index contributed by atoms with van der Waals surface area (Å²) in [4.78, 5) is 36.3. The van der Waals surface area contributed by atoms with Crippen molar-refractivity contribution in [1.29, 1.82) is 0 Å². The van der Waals surface area contributed by atoms with Crippen LogP contribution in [0.3, 0.4) is 0 Å². The zero-order chi connectivity index (χ0) is 16.9. The van der Waals surface area contributed by atoms with Gasteiger partial charge in [0, 0.05) is 11.6 Å². The number of hydrogen-bond acceptors (Lipinski definition) is 4. The Balaban J connectivity index is 1.67. The molecule has 122 valence electrons. The highest BCUT2D eigenvalue weighted by atomic mass is 16.6. The quantitative estimate of drug-likeness (QED) is 0.686. The molecule has 1 amide bonds. The summed E-state index contributed by atoms with van der Waals surface area (Å²) in [6.45, 7) is 0. The van der Waals surface area contributed by atoms with Crippen molar-refractivity contribution in [2.24, 2.45) is 0 Å². The van der Waals surface area contributed by atoms with Crippen LogP contribution in [0.25, 0.3) is 5.57 Å². The molecule has 1 unspecified atom stereocenters. The molecule has 2 aliphatic rings. The minimum Gasteiger partial charge on any atom is -0.442 e. The average molecular weight is 323 g/mol. The maximum Gasteiger partial charge on any atom is 0.412 e. The number of allylic oxidation sites excluding steroid dienone is 4. The lowest BCUT2D eigenvalue weighted by Crippen LogP contribution is -2.32. The largest absolute Gasteiger partial charge is 0.442 e. The van der Waals surface area contributed by atoms with E-state index < -0.39 is 11.9 Å². The summed E-state index contributed by atoms with van der Waals surface area (Å²) in [6.07, 6.45) is 7.86. The summed E-state index contributed by atoms with van der Waals surface area (Å²) < 4.78 is 5.23. The van der Waals surface area contributed by atoms with Crippen LogP contribution in [0.5, 0.6) is 0 Å². The zero-order valence-electron chi connectivity index (χ0n) is 13.0. The number of alkyl carbamates (subject to hydrolysis) is 1. The predicted octanol–water partition coefficient (Wildman–Crippen LogP) is 2.94. The van der Waals surface area contributed by atoms with Gasteiger partial charge in [0.2, 0.25) is 5.78 Å². The second-order valence-corrected chi connectivity index (χ2v) is 5.64. The van der Waals surface area contributed by atoms with Gasteiger partial charge in [-0.3, -0.25) is 14.9 Å².